The van der Waals surface area contributed by atoms with Gasteiger partial charge in [-0.05, 0) is 36.2 Å². The van der Waals surface area contributed by atoms with Gasteiger partial charge in [0, 0.05) is 11.9 Å². The zero-order valence-corrected chi connectivity index (χ0v) is 11.2. The van der Waals surface area contributed by atoms with E-state index in [-0.39, 0.29) is 11.6 Å². The first-order valence-corrected chi connectivity index (χ1v) is 6.61. The third kappa shape index (κ3) is 2.97. The van der Waals surface area contributed by atoms with Crippen LogP contribution in [0.25, 0.3) is 10.9 Å². The summed E-state index contributed by atoms with van der Waals surface area (Å²) in [5.41, 5.74) is 1.32. The standard InChI is InChI=1S/C16H13F2N3/c17-12-6-4-11(5-7-12)8-9-19-16-13-2-1-3-14(18)15(13)20-10-21-16/h1-7,10H,8-9H2,(H,19,20,21). The molecule has 0 spiro atoms. The van der Waals surface area contributed by atoms with Crippen LogP contribution < -0.4 is 5.32 Å². The van der Waals surface area contributed by atoms with Crippen LogP contribution in [0.1, 0.15) is 5.56 Å². The highest BCUT2D eigenvalue weighted by Crippen LogP contribution is 2.21. The van der Waals surface area contributed by atoms with E-state index in [4.69, 9.17) is 0 Å². The minimum absolute atomic E-state index is 0.246. The van der Waals surface area contributed by atoms with Crippen LogP contribution >= 0.6 is 0 Å². The van der Waals surface area contributed by atoms with Crippen molar-refractivity contribution >= 4 is 16.7 Å². The molecule has 0 atom stereocenters. The molecule has 0 bridgehead atoms. The van der Waals surface area contributed by atoms with Crippen molar-refractivity contribution in [2.45, 2.75) is 6.42 Å². The van der Waals surface area contributed by atoms with Crippen LogP contribution in [-0.4, -0.2) is 16.5 Å². The minimum Gasteiger partial charge on any atom is -0.369 e. The van der Waals surface area contributed by atoms with Gasteiger partial charge in [0.15, 0.2) is 0 Å². The third-order valence-corrected chi connectivity index (χ3v) is 3.23. The number of halogens is 2. The van der Waals surface area contributed by atoms with E-state index in [0.717, 1.165) is 12.0 Å². The molecular weight excluding hydrogens is 272 g/mol. The van der Waals surface area contributed by atoms with Gasteiger partial charge in [0.25, 0.3) is 0 Å². The molecule has 0 unspecified atom stereocenters. The molecule has 1 N–H and O–H groups in total. The van der Waals surface area contributed by atoms with E-state index in [9.17, 15) is 8.78 Å². The Morgan fingerprint density at radius 2 is 1.76 bits per heavy atom. The van der Waals surface area contributed by atoms with Crippen LogP contribution in [0, 0.1) is 11.6 Å². The summed E-state index contributed by atoms with van der Waals surface area (Å²) in [7, 11) is 0. The van der Waals surface area contributed by atoms with Crippen molar-refractivity contribution in [1.82, 2.24) is 9.97 Å². The van der Waals surface area contributed by atoms with E-state index in [1.54, 1.807) is 24.3 Å². The van der Waals surface area contributed by atoms with Crippen LogP contribution in [0.2, 0.25) is 0 Å². The lowest BCUT2D eigenvalue weighted by Crippen LogP contribution is -2.07. The number of benzene rings is 2. The minimum atomic E-state index is -0.364. The van der Waals surface area contributed by atoms with Crippen molar-refractivity contribution in [3.05, 3.63) is 66.0 Å². The molecule has 0 fully saturated rings. The number of nitrogens with one attached hydrogen (secondary N) is 1. The maximum atomic E-state index is 13.6. The number of para-hydroxylation sites is 1. The summed E-state index contributed by atoms with van der Waals surface area (Å²) in [5, 5.41) is 3.82. The van der Waals surface area contributed by atoms with Crippen LogP contribution in [0.3, 0.4) is 0 Å². The molecule has 21 heavy (non-hydrogen) atoms. The molecular formula is C16H13F2N3. The SMILES string of the molecule is Fc1ccc(CCNc2ncnc3c(F)cccc23)cc1. The van der Waals surface area contributed by atoms with Crippen molar-refractivity contribution < 1.29 is 8.78 Å². The molecule has 0 amide bonds. The lowest BCUT2D eigenvalue weighted by molar-refractivity contribution is 0.627. The summed E-state index contributed by atoms with van der Waals surface area (Å²) in [6, 6.07) is 11.1. The molecule has 0 radical (unpaired) electrons. The molecule has 1 heterocycles. The number of nitrogens with zero attached hydrogens (tertiary/aromatic N) is 2. The second-order valence-electron chi connectivity index (χ2n) is 4.66. The van der Waals surface area contributed by atoms with Gasteiger partial charge in [-0.1, -0.05) is 18.2 Å². The van der Waals surface area contributed by atoms with E-state index < -0.39 is 0 Å². The lowest BCUT2D eigenvalue weighted by atomic mass is 10.1. The monoisotopic (exact) mass is 285 g/mol. The third-order valence-electron chi connectivity index (χ3n) is 3.23. The highest BCUT2D eigenvalue weighted by atomic mass is 19.1. The first kappa shape index (κ1) is 13.4. The average molecular weight is 285 g/mol. The van der Waals surface area contributed by atoms with Gasteiger partial charge in [0.05, 0.1) is 0 Å². The quantitative estimate of drug-likeness (QED) is 0.796. The summed E-state index contributed by atoms with van der Waals surface area (Å²) in [6.07, 6.45) is 2.06. The van der Waals surface area contributed by atoms with Gasteiger partial charge in [-0.2, -0.15) is 0 Å². The molecule has 0 aliphatic heterocycles. The molecule has 106 valence electrons. The fourth-order valence-electron chi connectivity index (χ4n) is 2.17. The summed E-state index contributed by atoms with van der Waals surface area (Å²) < 4.78 is 26.5. The zero-order valence-electron chi connectivity index (χ0n) is 11.2. The summed E-state index contributed by atoms with van der Waals surface area (Å²) in [6.45, 7) is 0.619. The molecule has 5 heteroatoms. The van der Waals surface area contributed by atoms with Gasteiger partial charge < -0.3 is 5.32 Å². The van der Waals surface area contributed by atoms with Crippen molar-refractivity contribution in [2.75, 3.05) is 11.9 Å². The Balaban J connectivity index is 1.73. The topological polar surface area (TPSA) is 37.8 Å². The van der Waals surface area contributed by atoms with Crippen LogP contribution in [-0.2, 0) is 6.42 Å². The van der Waals surface area contributed by atoms with Crippen molar-refractivity contribution in [1.29, 1.82) is 0 Å². The highest BCUT2D eigenvalue weighted by molar-refractivity contribution is 5.89. The molecule has 2 aromatic carbocycles. The highest BCUT2D eigenvalue weighted by Gasteiger charge is 2.06. The number of aromatic nitrogens is 2. The number of fused-ring (bicyclic) bond motifs is 1. The van der Waals surface area contributed by atoms with E-state index in [2.05, 4.69) is 15.3 Å². The molecule has 3 aromatic rings. The van der Waals surface area contributed by atoms with Crippen LogP contribution in [0.4, 0.5) is 14.6 Å². The first-order valence-electron chi connectivity index (χ1n) is 6.61. The van der Waals surface area contributed by atoms with Gasteiger partial charge in [-0.15, -0.1) is 0 Å². The predicted octanol–water partition coefficient (Wildman–Crippen LogP) is 3.56. The number of rotatable bonds is 4. The molecule has 0 saturated carbocycles. The van der Waals surface area contributed by atoms with Crippen LogP contribution in [0.15, 0.2) is 48.8 Å². The maximum Gasteiger partial charge on any atom is 0.149 e. The number of hydrogen-bond acceptors (Lipinski definition) is 3. The molecule has 0 aliphatic rings. The second-order valence-corrected chi connectivity index (χ2v) is 4.66. The van der Waals surface area contributed by atoms with Crippen molar-refractivity contribution in [2.24, 2.45) is 0 Å². The Labute approximate surface area is 120 Å². The Bertz CT molecular complexity index is 757. The Morgan fingerprint density at radius 3 is 2.57 bits per heavy atom. The van der Waals surface area contributed by atoms with E-state index in [1.165, 1.54) is 24.5 Å². The Hall–Kier alpha value is -2.56. The fourth-order valence-corrected chi connectivity index (χ4v) is 2.17. The average Bonchev–Trinajstić information content (AvgIpc) is 2.50. The molecule has 3 rings (SSSR count). The van der Waals surface area contributed by atoms with E-state index in [0.29, 0.717) is 23.3 Å². The molecule has 3 nitrogen and oxygen atoms in total. The van der Waals surface area contributed by atoms with Gasteiger partial charge in [0.2, 0.25) is 0 Å². The molecule has 0 aliphatic carbocycles. The second kappa shape index (κ2) is 5.83. The van der Waals surface area contributed by atoms with E-state index >= 15 is 0 Å². The Kier molecular flexibility index (Phi) is 3.73. The Morgan fingerprint density at radius 1 is 0.952 bits per heavy atom. The van der Waals surface area contributed by atoms with Crippen LogP contribution in [0.5, 0.6) is 0 Å². The van der Waals surface area contributed by atoms with Gasteiger partial charge in [-0.25, -0.2) is 18.7 Å². The lowest BCUT2D eigenvalue weighted by Gasteiger charge is -2.08. The zero-order chi connectivity index (χ0) is 14.7. The molecule has 1 aromatic heterocycles. The summed E-state index contributed by atoms with van der Waals surface area (Å²) in [4.78, 5) is 8.09. The predicted molar refractivity (Wildman–Crippen MR) is 78.1 cm³/mol. The summed E-state index contributed by atoms with van der Waals surface area (Å²) >= 11 is 0. The molecule has 0 saturated heterocycles. The largest absolute Gasteiger partial charge is 0.369 e. The van der Waals surface area contributed by atoms with Crippen molar-refractivity contribution in [3.8, 4) is 0 Å². The number of anilines is 1. The smallest absolute Gasteiger partial charge is 0.149 e. The van der Waals surface area contributed by atoms with Gasteiger partial charge >= 0.3 is 0 Å². The van der Waals surface area contributed by atoms with E-state index in [1.807, 2.05) is 0 Å². The van der Waals surface area contributed by atoms with Gasteiger partial charge in [-0.3, -0.25) is 0 Å². The first-order chi connectivity index (χ1) is 10.2. The maximum absolute atomic E-state index is 13.6. The normalized spacial score (nSPS) is 10.8. The summed E-state index contributed by atoms with van der Waals surface area (Å²) in [5.74, 6) is -0.0120. The van der Waals surface area contributed by atoms with Gasteiger partial charge in [0.1, 0.15) is 29.3 Å². The number of hydrogen-bond donors (Lipinski definition) is 1. The van der Waals surface area contributed by atoms with Crippen molar-refractivity contribution in [3.63, 3.8) is 0 Å². The fraction of sp³-hybridized carbons (Fsp3) is 0.125.